The van der Waals surface area contributed by atoms with E-state index in [4.69, 9.17) is 9.47 Å². The summed E-state index contributed by atoms with van der Waals surface area (Å²) >= 11 is 0. The van der Waals surface area contributed by atoms with Crippen molar-refractivity contribution in [3.63, 3.8) is 0 Å². The van der Waals surface area contributed by atoms with E-state index in [-0.39, 0.29) is 5.91 Å². The monoisotopic (exact) mass is 331 g/mol. The minimum atomic E-state index is 0.0874. The maximum atomic E-state index is 13.1. The van der Waals surface area contributed by atoms with Crippen LogP contribution in [0.3, 0.4) is 0 Å². The number of rotatable bonds is 9. The molecule has 132 valence electrons. The van der Waals surface area contributed by atoms with Gasteiger partial charge in [0.05, 0.1) is 14.2 Å². The SMILES string of the molecule is C=CCc1cc(C(=O)N(CCC(C)C)C2CC2)cc(OC)c1OC. The Hall–Kier alpha value is -1.97. The molecule has 4 nitrogen and oxygen atoms in total. The van der Waals surface area contributed by atoms with Crippen LogP contribution in [0.15, 0.2) is 24.8 Å². The second-order valence-electron chi connectivity index (χ2n) is 6.78. The molecule has 1 aliphatic carbocycles. The van der Waals surface area contributed by atoms with Crippen molar-refractivity contribution in [1.82, 2.24) is 4.90 Å². The average molecular weight is 331 g/mol. The zero-order valence-corrected chi connectivity index (χ0v) is 15.3. The lowest BCUT2D eigenvalue weighted by atomic mass is 10.0. The smallest absolute Gasteiger partial charge is 0.254 e. The van der Waals surface area contributed by atoms with E-state index in [1.165, 1.54) is 0 Å². The summed E-state index contributed by atoms with van der Waals surface area (Å²) in [6, 6.07) is 4.10. The van der Waals surface area contributed by atoms with Crippen molar-refractivity contribution in [2.45, 2.75) is 45.6 Å². The molecule has 0 atom stereocenters. The number of ether oxygens (including phenoxy) is 2. The summed E-state index contributed by atoms with van der Waals surface area (Å²) < 4.78 is 10.9. The molecule has 0 heterocycles. The number of benzene rings is 1. The highest BCUT2D eigenvalue weighted by Gasteiger charge is 2.33. The molecule has 1 aromatic rings. The van der Waals surface area contributed by atoms with Gasteiger partial charge in [0.1, 0.15) is 0 Å². The van der Waals surface area contributed by atoms with Gasteiger partial charge < -0.3 is 14.4 Å². The highest BCUT2D eigenvalue weighted by molar-refractivity contribution is 5.95. The van der Waals surface area contributed by atoms with Gasteiger partial charge in [0.2, 0.25) is 0 Å². The lowest BCUT2D eigenvalue weighted by Gasteiger charge is -2.24. The van der Waals surface area contributed by atoms with Crippen LogP contribution in [0.4, 0.5) is 0 Å². The van der Waals surface area contributed by atoms with E-state index >= 15 is 0 Å². The van der Waals surface area contributed by atoms with Gasteiger partial charge in [-0.2, -0.15) is 0 Å². The molecule has 2 rings (SSSR count). The molecular weight excluding hydrogens is 302 g/mol. The highest BCUT2D eigenvalue weighted by Crippen LogP contribution is 2.35. The number of carbonyl (C=O) groups excluding carboxylic acids is 1. The number of hydrogen-bond acceptors (Lipinski definition) is 3. The molecule has 4 heteroatoms. The Morgan fingerprint density at radius 3 is 2.54 bits per heavy atom. The number of allylic oxidation sites excluding steroid dienone is 1. The topological polar surface area (TPSA) is 38.8 Å². The van der Waals surface area contributed by atoms with Crippen molar-refractivity contribution in [2.75, 3.05) is 20.8 Å². The first-order chi connectivity index (χ1) is 11.5. The largest absolute Gasteiger partial charge is 0.493 e. The molecule has 0 saturated heterocycles. The van der Waals surface area contributed by atoms with Gasteiger partial charge in [-0.25, -0.2) is 0 Å². The average Bonchev–Trinajstić information content (AvgIpc) is 3.39. The molecular formula is C20H29NO3. The Kier molecular flexibility index (Phi) is 6.29. The fraction of sp³-hybridized carbons (Fsp3) is 0.550. The van der Waals surface area contributed by atoms with Crippen molar-refractivity contribution < 1.29 is 14.3 Å². The molecule has 0 N–H and O–H groups in total. The van der Waals surface area contributed by atoms with Crippen molar-refractivity contribution >= 4 is 5.91 Å². The minimum Gasteiger partial charge on any atom is -0.493 e. The quantitative estimate of drug-likeness (QED) is 0.640. The first kappa shape index (κ1) is 18.4. The maximum Gasteiger partial charge on any atom is 0.254 e. The number of hydrogen-bond donors (Lipinski definition) is 0. The van der Waals surface area contributed by atoms with Crippen LogP contribution in [0.25, 0.3) is 0 Å². The van der Waals surface area contributed by atoms with E-state index in [9.17, 15) is 4.79 Å². The van der Waals surface area contributed by atoms with Crippen LogP contribution in [-0.4, -0.2) is 37.6 Å². The maximum absolute atomic E-state index is 13.1. The summed E-state index contributed by atoms with van der Waals surface area (Å²) in [5.41, 5.74) is 1.59. The zero-order valence-electron chi connectivity index (χ0n) is 15.3. The Morgan fingerprint density at radius 2 is 2.04 bits per heavy atom. The summed E-state index contributed by atoms with van der Waals surface area (Å²) in [5.74, 6) is 1.94. The van der Waals surface area contributed by atoms with Gasteiger partial charge in [0.15, 0.2) is 11.5 Å². The Balaban J connectivity index is 2.32. The van der Waals surface area contributed by atoms with E-state index in [1.54, 1.807) is 20.3 Å². The van der Waals surface area contributed by atoms with Gasteiger partial charge >= 0.3 is 0 Å². The Bertz CT molecular complexity index is 591. The van der Waals surface area contributed by atoms with Gasteiger partial charge in [-0.15, -0.1) is 6.58 Å². The molecule has 0 aliphatic heterocycles. The molecule has 0 radical (unpaired) electrons. The van der Waals surface area contributed by atoms with E-state index in [2.05, 4.69) is 20.4 Å². The molecule has 1 saturated carbocycles. The number of methoxy groups -OCH3 is 2. The predicted octanol–water partition coefficient (Wildman–Crippen LogP) is 4.08. The molecule has 0 aromatic heterocycles. The Morgan fingerprint density at radius 1 is 1.33 bits per heavy atom. The van der Waals surface area contributed by atoms with Crippen LogP contribution >= 0.6 is 0 Å². The van der Waals surface area contributed by atoms with E-state index < -0.39 is 0 Å². The number of carbonyl (C=O) groups is 1. The first-order valence-electron chi connectivity index (χ1n) is 8.68. The molecule has 1 fully saturated rings. The van der Waals surface area contributed by atoms with Crippen molar-refractivity contribution in [2.24, 2.45) is 5.92 Å². The van der Waals surface area contributed by atoms with Crippen LogP contribution in [0, 0.1) is 5.92 Å². The summed E-state index contributed by atoms with van der Waals surface area (Å²) in [7, 11) is 3.21. The number of nitrogens with zero attached hydrogens (tertiary/aromatic N) is 1. The minimum absolute atomic E-state index is 0.0874. The van der Waals surface area contributed by atoms with Crippen LogP contribution in [-0.2, 0) is 6.42 Å². The van der Waals surface area contributed by atoms with Crippen molar-refractivity contribution in [3.05, 3.63) is 35.9 Å². The van der Waals surface area contributed by atoms with Gasteiger partial charge in [-0.05, 0) is 43.7 Å². The van der Waals surface area contributed by atoms with Crippen LogP contribution in [0.5, 0.6) is 11.5 Å². The molecule has 0 spiro atoms. The Labute approximate surface area is 145 Å². The molecule has 0 bridgehead atoms. The molecule has 1 aliphatic rings. The summed E-state index contributed by atoms with van der Waals surface area (Å²) in [6.45, 7) is 8.98. The van der Waals surface area contributed by atoms with Gasteiger partial charge in [0.25, 0.3) is 5.91 Å². The molecule has 24 heavy (non-hydrogen) atoms. The van der Waals surface area contributed by atoms with E-state index in [0.717, 1.165) is 31.4 Å². The van der Waals surface area contributed by atoms with Gasteiger partial charge in [-0.1, -0.05) is 19.9 Å². The lowest BCUT2D eigenvalue weighted by Crippen LogP contribution is -2.34. The molecule has 0 unspecified atom stereocenters. The highest BCUT2D eigenvalue weighted by atomic mass is 16.5. The van der Waals surface area contributed by atoms with Crippen molar-refractivity contribution in [3.8, 4) is 11.5 Å². The first-order valence-corrected chi connectivity index (χ1v) is 8.68. The van der Waals surface area contributed by atoms with Crippen molar-refractivity contribution in [1.29, 1.82) is 0 Å². The summed E-state index contributed by atoms with van der Waals surface area (Å²) in [4.78, 5) is 15.1. The van der Waals surface area contributed by atoms with E-state index in [0.29, 0.717) is 35.4 Å². The summed E-state index contributed by atoms with van der Waals surface area (Å²) in [5, 5.41) is 0. The fourth-order valence-corrected chi connectivity index (χ4v) is 2.87. The third-order valence-corrected chi connectivity index (χ3v) is 4.36. The third-order valence-electron chi connectivity index (χ3n) is 4.36. The summed E-state index contributed by atoms with van der Waals surface area (Å²) in [6.07, 6.45) is 5.68. The standard InChI is InChI=1S/C20H29NO3/c1-6-7-15-12-16(13-18(23-4)19(15)24-5)20(22)21(17-8-9-17)11-10-14(2)3/h6,12-14,17H,1,7-11H2,2-5H3. The van der Waals surface area contributed by atoms with Crippen LogP contribution in [0.1, 0.15) is 49.0 Å². The van der Waals surface area contributed by atoms with Crippen LogP contribution in [0.2, 0.25) is 0 Å². The second-order valence-corrected chi connectivity index (χ2v) is 6.78. The fourth-order valence-electron chi connectivity index (χ4n) is 2.87. The lowest BCUT2D eigenvalue weighted by molar-refractivity contribution is 0.0735. The molecule has 1 amide bonds. The second kappa shape index (κ2) is 8.22. The predicted molar refractivity (Wildman–Crippen MR) is 97.0 cm³/mol. The van der Waals surface area contributed by atoms with Gasteiger partial charge in [-0.3, -0.25) is 4.79 Å². The number of amides is 1. The normalized spacial score (nSPS) is 13.7. The van der Waals surface area contributed by atoms with E-state index in [1.807, 2.05) is 17.0 Å². The molecule has 1 aromatic carbocycles. The van der Waals surface area contributed by atoms with Gasteiger partial charge in [0, 0.05) is 23.7 Å². The zero-order chi connectivity index (χ0) is 17.7. The van der Waals surface area contributed by atoms with Crippen LogP contribution < -0.4 is 9.47 Å². The third kappa shape index (κ3) is 4.31.